The molecule has 2 rings (SSSR count). The minimum absolute atomic E-state index is 0.0618. The van der Waals surface area contributed by atoms with E-state index in [4.69, 9.17) is 10.5 Å². The van der Waals surface area contributed by atoms with Crippen molar-refractivity contribution in [2.24, 2.45) is 5.73 Å². The maximum Gasteiger partial charge on any atom is 0.228 e. The molecule has 0 unspecified atom stereocenters. The summed E-state index contributed by atoms with van der Waals surface area (Å²) < 4.78 is 6.42. The van der Waals surface area contributed by atoms with Gasteiger partial charge in [-0.15, -0.1) is 0 Å². The van der Waals surface area contributed by atoms with Gasteiger partial charge in [0.25, 0.3) is 0 Å². The van der Waals surface area contributed by atoms with Crippen LogP contribution in [0.25, 0.3) is 0 Å². The van der Waals surface area contributed by atoms with Gasteiger partial charge < -0.3 is 15.8 Å². The summed E-state index contributed by atoms with van der Waals surface area (Å²) in [4.78, 5) is 12.0. The lowest BCUT2D eigenvalue weighted by Gasteiger charge is -2.08. The van der Waals surface area contributed by atoms with Gasteiger partial charge in [-0.05, 0) is 29.8 Å². The first-order chi connectivity index (χ1) is 10.2. The number of hydrogen-bond donors (Lipinski definition) is 2. The van der Waals surface area contributed by atoms with Gasteiger partial charge in [0.05, 0.1) is 6.42 Å². The molecule has 21 heavy (non-hydrogen) atoms. The summed E-state index contributed by atoms with van der Waals surface area (Å²) in [7, 11) is 0. The van der Waals surface area contributed by atoms with E-state index < -0.39 is 0 Å². The predicted molar refractivity (Wildman–Crippen MR) is 87.5 cm³/mol. The van der Waals surface area contributed by atoms with E-state index in [2.05, 4.69) is 21.2 Å². The molecule has 0 bridgehead atoms. The van der Waals surface area contributed by atoms with Crippen molar-refractivity contribution in [3.8, 4) is 5.75 Å². The summed E-state index contributed by atoms with van der Waals surface area (Å²) in [5.74, 6) is 0.634. The fourth-order valence-electron chi connectivity index (χ4n) is 1.83. The summed E-state index contributed by atoms with van der Waals surface area (Å²) in [5.41, 5.74) is 7.07. The number of hydrogen-bond acceptors (Lipinski definition) is 3. The summed E-state index contributed by atoms with van der Waals surface area (Å²) in [6.07, 6.45) is 0.334. The molecule has 0 aliphatic carbocycles. The van der Waals surface area contributed by atoms with E-state index in [0.29, 0.717) is 31.0 Å². The van der Waals surface area contributed by atoms with E-state index in [0.717, 1.165) is 10.0 Å². The smallest absolute Gasteiger partial charge is 0.228 e. The monoisotopic (exact) mass is 348 g/mol. The van der Waals surface area contributed by atoms with Gasteiger partial charge >= 0.3 is 0 Å². The highest BCUT2D eigenvalue weighted by Gasteiger charge is 2.05. The summed E-state index contributed by atoms with van der Waals surface area (Å²) in [6, 6.07) is 15.0. The lowest BCUT2D eigenvalue weighted by molar-refractivity contribution is -0.115. The quantitative estimate of drug-likeness (QED) is 0.843. The standard InChI is InChI=1S/C16H17BrN2O2/c17-13-6-4-12(5-7-13)10-16(20)19-14-2-1-3-15(11-14)21-9-8-18/h1-7,11H,8-10,18H2,(H,19,20). The summed E-state index contributed by atoms with van der Waals surface area (Å²) >= 11 is 3.37. The lowest BCUT2D eigenvalue weighted by atomic mass is 10.1. The van der Waals surface area contributed by atoms with Gasteiger partial charge in [0.2, 0.25) is 5.91 Å². The van der Waals surface area contributed by atoms with Crippen LogP contribution < -0.4 is 15.8 Å². The van der Waals surface area contributed by atoms with Gasteiger partial charge in [0.15, 0.2) is 0 Å². The average molecular weight is 349 g/mol. The highest BCUT2D eigenvalue weighted by Crippen LogP contribution is 2.18. The van der Waals surface area contributed by atoms with Crippen molar-refractivity contribution in [1.82, 2.24) is 0 Å². The van der Waals surface area contributed by atoms with Crippen molar-refractivity contribution in [1.29, 1.82) is 0 Å². The van der Waals surface area contributed by atoms with E-state index in [-0.39, 0.29) is 5.91 Å². The highest BCUT2D eigenvalue weighted by molar-refractivity contribution is 9.10. The number of rotatable bonds is 6. The van der Waals surface area contributed by atoms with Crippen LogP contribution >= 0.6 is 15.9 Å². The van der Waals surface area contributed by atoms with Crippen LogP contribution in [-0.2, 0) is 11.2 Å². The summed E-state index contributed by atoms with van der Waals surface area (Å²) in [5, 5.41) is 2.86. The largest absolute Gasteiger partial charge is 0.492 e. The van der Waals surface area contributed by atoms with Gasteiger partial charge in [-0.2, -0.15) is 0 Å². The molecule has 0 saturated heterocycles. The minimum atomic E-state index is -0.0618. The normalized spacial score (nSPS) is 10.2. The molecule has 5 heteroatoms. The molecule has 0 saturated carbocycles. The van der Waals surface area contributed by atoms with Crippen molar-refractivity contribution in [2.75, 3.05) is 18.5 Å². The van der Waals surface area contributed by atoms with Crippen molar-refractivity contribution in [2.45, 2.75) is 6.42 Å². The summed E-state index contributed by atoms with van der Waals surface area (Å²) in [6.45, 7) is 0.913. The van der Waals surface area contributed by atoms with Crippen LogP contribution in [0.15, 0.2) is 53.0 Å². The second-order valence-corrected chi connectivity index (χ2v) is 5.43. The van der Waals surface area contributed by atoms with Crippen LogP contribution in [0.1, 0.15) is 5.56 Å². The Morgan fingerprint density at radius 3 is 2.67 bits per heavy atom. The second-order valence-electron chi connectivity index (χ2n) is 4.52. The molecule has 2 aromatic rings. The van der Waals surface area contributed by atoms with Gasteiger partial charge in [0.1, 0.15) is 12.4 Å². The number of benzene rings is 2. The van der Waals surface area contributed by atoms with E-state index in [1.54, 1.807) is 6.07 Å². The Labute approximate surface area is 132 Å². The SMILES string of the molecule is NCCOc1cccc(NC(=O)Cc2ccc(Br)cc2)c1. The van der Waals surface area contributed by atoms with Crippen molar-refractivity contribution in [3.05, 3.63) is 58.6 Å². The van der Waals surface area contributed by atoms with E-state index >= 15 is 0 Å². The van der Waals surface area contributed by atoms with Crippen LogP contribution in [0.3, 0.4) is 0 Å². The van der Waals surface area contributed by atoms with Crippen molar-refractivity contribution >= 4 is 27.5 Å². The Morgan fingerprint density at radius 1 is 1.19 bits per heavy atom. The Bertz CT molecular complexity index is 599. The molecule has 0 spiro atoms. The number of carbonyl (C=O) groups is 1. The fourth-order valence-corrected chi connectivity index (χ4v) is 2.10. The van der Waals surface area contributed by atoms with E-state index in [1.807, 2.05) is 42.5 Å². The Kier molecular flexibility index (Phi) is 5.78. The third kappa shape index (κ3) is 5.21. The molecule has 0 atom stereocenters. The third-order valence-electron chi connectivity index (χ3n) is 2.78. The molecular weight excluding hydrogens is 332 g/mol. The maximum absolute atomic E-state index is 12.0. The van der Waals surface area contributed by atoms with E-state index in [1.165, 1.54) is 0 Å². The molecule has 0 aliphatic rings. The van der Waals surface area contributed by atoms with Gasteiger partial charge in [0, 0.05) is 22.8 Å². The number of amides is 1. The Morgan fingerprint density at radius 2 is 1.95 bits per heavy atom. The molecule has 0 aromatic heterocycles. The van der Waals surface area contributed by atoms with Crippen LogP contribution in [0.2, 0.25) is 0 Å². The van der Waals surface area contributed by atoms with Crippen molar-refractivity contribution in [3.63, 3.8) is 0 Å². The first kappa shape index (κ1) is 15.5. The number of carbonyl (C=O) groups excluding carboxylic acids is 1. The molecule has 0 radical (unpaired) electrons. The highest BCUT2D eigenvalue weighted by atomic mass is 79.9. The minimum Gasteiger partial charge on any atom is -0.492 e. The Hall–Kier alpha value is -1.85. The first-order valence-corrected chi connectivity index (χ1v) is 7.44. The maximum atomic E-state index is 12.0. The van der Waals surface area contributed by atoms with Crippen LogP contribution in [0.5, 0.6) is 5.75 Å². The number of anilines is 1. The number of nitrogens with one attached hydrogen (secondary N) is 1. The zero-order chi connectivity index (χ0) is 15.1. The zero-order valence-corrected chi connectivity index (χ0v) is 13.1. The Balaban J connectivity index is 1.94. The number of nitrogens with two attached hydrogens (primary N) is 1. The molecule has 4 nitrogen and oxygen atoms in total. The third-order valence-corrected chi connectivity index (χ3v) is 3.31. The fraction of sp³-hybridized carbons (Fsp3) is 0.188. The molecule has 110 valence electrons. The van der Waals surface area contributed by atoms with Crippen LogP contribution in [-0.4, -0.2) is 19.1 Å². The second kappa shape index (κ2) is 7.81. The molecule has 3 N–H and O–H groups in total. The topological polar surface area (TPSA) is 64.3 Å². The predicted octanol–water partition coefficient (Wildman–Crippen LogP) is 2.97. The van der Waals surface area contributed by atoms with Crippen molar-refractivity contribution < 1.29 is 9.53 Å². The van der Waals surface area contributed by atoms with E-state index in [9.17, 15) is 4.79 Å². The number of ether oxygens (including phenoxy) is 1. The molecule has 0 aliphatic heterocycles. The van der Waals surface area contributed by atoms with Gasteiger partial charge in [-0.25, -0.2) is 0 Å². The van der Waals surface area contributed by atoms with Crippen LogP contribution in [0, 0.1) is 0 Å². The lowest BCUT2D eigenvalue weighted by Crippen LogP contribution is -2.14. The van der Waals surface area contributed by atoms with Gasteiger partial charge in [-0.1, -0.05) is 34.1 Å². The molecule has 1 amide bonds. The molecular formula is C16H17BrN2O2. The molecule has 0 heterocycles. The van der Waals surface area contributed by atoms with Crippen LogP contribution in [0.4, 0.5) is 5.69 Å². The zero-order valence-electron chi connectivity index (χ0n) is 11.5. The number of halogens is 1. The first-order valence-electron chi connectivity index (χ1n) is 6.64. The van der Waals surface area contributed by atoms with Gasteiger partial charge in [-0.3, -0.25) is 4.79 Å². The molecule has 0 fully saturated rings. The average Bonchev–Trinajstić information content (AvgIpc) is 2.48. The molecule has 2 aromatic carbocycles.